The van der Waals surface area contributed by atoms with Crippen molar-refractivity contribution in [2.45, 2.75) is 20.8 Å². The lowest BCUT2D eigenvalue weighted by atomic mass is 10.1. The monoisotopic (exact) mass is 434 g/mol. The van der Waals surface area contributed by atoms with Crippen LogP contribution in [0.15, 0.2) is 102 Å². The first-order valence-electron chi connectivity index (χ1n) is 10.9. The molecule has 33 heavy (non-hydrogen) atoms. The number of benzene rings is 3. The molecule has 0 fully saturated rings. The van der Waals surface area contributed by atoms with Crippen molar-refractivity contribution in [3.63, 3.8) is 0 Å². The summed E-state index contributed by atoms with van der Waals surface area (Å²) in [4.78, 5) is 22.3. The minimum atomic E-state index is -0.167. The van der Waals surface area contributed by atoms with Crippen molar-refractivity contribution in [3.05, 3.63) is 108 Å². The Bertz CT molecular complexity index is 1340. The van der Waals surface area contributed by atoms with Gasteiger partial charge in [0.2, 0.25) is 0 Å². The van der Waals surface area contributed by atoms with Gasteiger partial charge >= 0.3 is 0 Å². The minimum Gasteiger partial charge on any atom is -0.343 e. The van der Waals surface area contributed by atoms with Crippen molar-refractivity contribution >= 4 is 28.3 Å². The van der Waals surface area contributed by atoms with Crippen LogP contribution in [0.4, 0.5) is 11.5 Å². The maximum atomic E-state index is 12.8. The molecule has 0 atom stereocenters. The van der Waals surface area contributed by atoms with E-state index in [1.807, 2.05) is 106 Å². The molecule has 5 heteroatoms. The quantitative estimate of drug-likeness (QED) is 0.268. The molecule has 0 aliphatic carbocycles. The molecule has 3 aromatic carbocycles. The third kappa shape index (κ3) is 5.33. The second-order valence-electron chi connectivity index (χ2n) is 7.80. The molecule has 0 bridgehead atoms. The van der Waals surface area contributed by atoms with E-state index in [0.29, 0.717) is 17.2 Å². The van der Waals surface area contributed by atoms with Gasteiger partial charge in [0, 0.05) is 27.9 Å². The predicted octanol–water partition coefficient (Wildman–Crippen LogP) is 6.51. The SMILES string of the molecule is C/C=C(\C=C(/C)Nc1nc(-c2ccccc2)nc2ccccc12)C(=O)Nc1ccc(C)cc1. The molecule has 1 amide bonds. The molecule has 5 nitrogen and oxygen atoms in total. The van der Waals surface area contributed by atoms with E-state index >= 15 is 0 Å². The molecule has 4 aromatic rings. The smallest absolute Gasteiger partial charge is 0.255 e. The summed E-state index contributed by atoms with van der Waals surface area (Å²) in [5.74, 6) is 1.18. The number of nitrogens with zero attached hydrogens (tertiary/aromatic N) is 2. The predicted molar refractivity (Wildman–Crippen MR) is 136 cm³/mol. The average Bonchev–Trinajstić information content (AvgIpc) is 2.84. The molecule has 2 N–H and O–H groups in total. The van der Waals surface area contributed by atoms with Crippen LogP contribution in [-0.2, 0) is 4.79 Å². The molecule has 1 heterocycles. The van der Waals surface area contributed by atoms with Crippen LogP contribution < -0.4 is 10.6 Å². The second-order valence-corrected chi connectivity index (χ2v) is 7.80. The van der Waals surface area contributed by atoms with E-state index in [0.717, 1.165) is 33.4 Å². The Hall–Kier alpha value is -4.25. The van der Waals surface area contributed by atoms with E-state index in [9.17, 15) is 4.79 Å². The zero-order valence-corrected chi connectivity index (χ0v) is 19.0. The number of rotatable bonds is 6. The van der Waals surface area contributed by atoms with Gasteiger partial charge < -0.3 is 10.6 Å². The number of hydrogen-bond donors (Lipinski definition) is 2. The van der Waals surface area contributed by atoms with Gasteiger partial charge in [-0.1, -0.05) is 66.2 Å². The summed E-state index contributed by atoms with van der Waals surface area (Å²) in [6.07, 6.45) is 3.62. The van der Waals surface area contributed by atoms with Crippen molar-refractivity contribution in [2.24, 2.45) is 0 Å². The van der Waals surface area contributed by atoms with Gasteiger partial charge in [0.1, 0.15) is 5.82 Å². The minimum absolute atomic E-state index is 0.167. The third-order valence-electron chi connectivity index (χ3n) is 5.21. The van der Waals surface area contributed by atoms with Crippen LogP contribution in [0.25, 0.3) is 22.3 Å². The van der Waals surface area contributed by atoms with E-state index in [4.69, 9.17) is 9.97 Å². The third-order valence-corrected chi connectivity index (χ3v) is 5.21. The van der Waals surface area contributed by atoms with Gasteiger partial charge in [-0.15, -0.1) is 0 Å². The number of fused-ring (bicyclic) bond motifs is 1. The van der Waals surface area contributed by atoms with Crippen molar-refractivity contribution < 1.29 is 4.79 Å². The first kappa shape index (κ1) is 22.0. The molecule has 4 rings (SSSR count). The fourth-order valence-electron chi connectivity index (χ4n) is 3.46. The number of allylic oxidation sites excluding steroid dienone is 2. The lowest BCUT2D eigenvalue weighted by Crippen LogP contribution is -2.14. The number of hydrogen-bond acceptors (Lipinski definition) is 4. The van der Waals surface area contributed by atoms with Gasteiger partial charge in [0.25, 0.3) is 5.91 Å². The summed E-state index contributed by atoms with van der Waals surface area (Å²) in [6.45, 7) is 5.78. The first-order chi connectivity index (χ1) is 16.0. The van der Waals surface area contributed by atoms with E-state index < -0.39 is 0 Å². The summed E-state index contributed by atoms with van der Waals surface area (Å²) < 4.78 is 0. The number of nitrogens with one attached hydrogen (secondary N) is 2. The molecule has 0 aliphatic rings. The number of carbonyl (C=O) groups excluding carboxylic acids is 1. The van der Waals surface area contributed by atoms with E-state index in [-0.39, 0.29) is 5.91 Å². The molecule has 0 spiro atoms. The van der Waals surface area contributed by atoms with Crippen LogP contribution in [0.3, 0.4) is 0 Å². The highest BCUT2D eigenvalue weighted by molar-refractivity contribution is 6.06. The Kier molecular flexibility index (Phi) is 6.60. The highest BCUT2D eigenvalue weighted by Gasteiger charge is 2.11. The van der Waals surface area contributed by atoms with Crippen LogP contribution in [0.5, 0.6) is 0 Å². The topological polar surface area (TPSA) is 66.9 Å². The van der Waals surface area contributed by atoms with Crippen LogP contribution in [0.2, 0.25) is 0 Å². The standard InChI is InChI=1S/C28H26N4O/c1-4-21(28(33)30-23-16-14-19(2)15-17-23)18-20(3)29-27-24-12-8-9-13-25(24)31-26(32-27)22-10-6-5-7-11-22/h4-18H,1-3H3,(H,30,33)(H,29,31,32)/b20-18+,21-4+. The molecular formula is C28H26N4O. The van der Waals surface area contributed by atoms with Crippen LogP contribution in [0, 0.1) is 6.92 Å². The van der Waals surface area contributed by atoms with Crippen LogP contribution >= 0.6 is 0 Å². The maximum Gasteiger partial charge on any atom is 0.255 e. The summed E-state index contributed by atoms with van der Waals surface area (Å²) in [5.41, 5.74) is 5.06. The number of amides is 1. The molecule has 0 unspecified atom stereocenters. The molecule has 0 radical (unpaired) electrons. The van der Waals surface area contributed by atoms with Crippen molar-refractivity contribution in [2.75, 3.05) is 10.6 Å². The van der Waals surface area contributed by atoms with E-state index in [1.165, 1.54) is 0 Å². The molecule has 1 aromatic heterocycles. The highest BCUT2D eigenvalue weighted by Crippen LogP contribution is 2.26. The summed E-state index contributed by atoms with van der Waals surface area (Å²) >= 11 is 0. The average molecular weight is 435 g/mol. The van der Waals surface area contributed by atoms with Gasteiger partial charge in [-0.25, -0.2) is 9.97 Å². The normalized spacial score (nSPS) is 12.0. The number of para-hydroxylation sites is 1. The van der Waals surface area contributed by atoms with E-state index in [1.54, 1.807) is 6.08 Å². The number of aromatic nitrogens is 2. The van der Waals surface area contributed by atoms with Gasteiger partial charge in [0.15, 0.2) is 5.82 Å². The Morgan fingerprint density at radius 2 is 1.55 bits per heavy atom. The zero-order valence-electron chi connectivity index (χ0n) is 19.0. The maximum absolute atomic E-state index is 12.8. The fourth-order valence-corrected chi connectivity index (χ4v) is 3.46. The van der Waals surface area contributed by atoms with Crippen LogP contribution in [0.1, 0.15) is 19.4 Å². The Morgan fingerprint density at radius 1 is 0.848 bits per heavy atom. The van der Waals surface area contributed by atoms with E-state index in [2.05, 4.69) is 10.6 Å². The molecule has 0 saturated heterocycles. The first-order valence-corrected chi connectivity index (χ1v) is 10.9. The van der Waals surface area contributed by atoms with Gasteiger partial charge in [-0.3, -0.25) is 4.79 Å². The fraction of sp³-hybridized carbons (Fsp3) is 0.107. The number of aryl methyl sites for hydroxylation is 1. The lowest BCUT2D eigenvalue weighted by molar-refractivity contribution is -0.112. The zero-order chi connectivity index (χ0) is 23.2. The molecule has 0 saturated carbocycles. The summed E-state index contributed by atoms with van der Waals surface area (Å²) in [7, 11) is 0. The summed E-state index contributed by atoms with van der Waals surface area (Å²) in [6, 6.07) is 25.5. The van der Waals surface area contributed by atoms with Crippen molar-refractivity contribution in [1.82, 2.24) is 9.97 Å². The van der Waals surface area contributed by atoms with Crippen molar-refractivity contribution in [1.29, 1.82) is 0 Å². The number of carbonyl (C=O) groups is 1. The van der Waals surface area contributed by atoms with Gasteiger partial charge in [-0.05, 0) is 51.1 Å². The molecule has 0 aliphatic heterocycles. The molecule has 164 valence electrons. The van der Waals surface area contributed by atoms with Gasteiger partial charge in [0.05, 0.1) is 5.52 Å². The Balaban J connectivity index is 1.61. The van der Waals surface area contributed by atoms with Crippen LogP contribution in [-0.4, -0.2) is 15.9 Å². The lowest BCUT2D eigenvalue weighted by Gasteiger charge is -2.12. The second kappa shape index (κ2) is 9.92. The molecular weight excluding hydrogens is 408 g/mol. The van der Waals surface area contributed by atoms with Crippen molar-refractivity contribution in [3.8, 4) is 11.4 Å². The largest absolute Gasteiger partial charge is 0.343 e. The summed E-state index contributed by atoms with van der Waals surface area (Å²) in [5, 5.41) is 7.23. The van der Waals surface area contributed by atoms with Gasteiger partial charge in [-0.2, -0.15) is 0 Å². The Morgan fingerprint density at radius 3 is 2.27 bits per heavy atom. The highest BCUT2D eigenvalue weighted by atomic mass is 16.1. The number of anilines is 2. The Labute approximate surface area is 193 Å².